The van der Waals surface area contributed by atoms with Gasteiger partial charge in [0.15, 0.2) is 0 Å². The fourth-order valence-electron chi connectivity index (χ4n) is 3.89. The van der Waals surface area contributed by atoms with Gasteiger partial charge in [-0.1, -0.05) is 35.9 Å². The van der Waals surface area contributed by atoms with Gasteiger partial charge in [0.1, 0.15) is 5.82 Å². The second-order valence-corrected chi connectivity index (χ2v) is 6.95. The summed E-state index contributed by atoms with van der Waals surface area (Å²) in [6.07, 6.45) is 6.18. The van der Waals surface area contributed by atoms with Gasteiger partial charge in [-0.15, -0.1) is 23.8 Å². The summed E-state index contributed by atoms with van der Waals surface area (Å²) < 4.78 is 10.0. The number of fused-ring (bicyclic) bond motifs is 6. The number of nitrogens with zero attached hydrogens (tertiary/aromatic N) is 5. The maximum absolute atomic E-state index is 7.30. The second-order valence-electron chi connectivity index (χ2n) is 6.95. The maximum atomic E-state index is 7.30. The Labute approximate surface area is 187 Å². The largest absolute Gasteiger partial charge is 2.00 e. The fraction of sp³-hybridized carbons (Fsp3) is 0.136. The molecule has 0 atom stereocenters. The molecule has 0 unspecified atom stereocenters. The van der Waals surface area contributed by atoms with E-state index in [0.717, 1.165) is 47.0 Å². The monoisotopic (exact) mass is 573 g/mol. The van der Waals surface area contributed by atoms with Crippen LogP contribution in [0.2, 0.25) is 0 Å². The molecular weight excluding hydrogens is 559 g/mol. The van der Waals surface area contributed by atoms with Crippen LogP contribution in [0.4, 0.5) is 11.5 Å². The van der Waals surface area contributed by atoms with Crippen molar-refractivity contribution in [2.24, 2.45) is 0 Å². The van der Waals surface area contributed by atoms with Crippen molar-refractivity contribution in [3.8, 4) is 34.3 Å². The average Bonchev–Trinajstić information content (AvgIpc) is 3.40. The van der Waals surface area contributed by atoms with Crippen LogP contribution in [0.3, 0.4) is 0 Å². The molecule has 2 aromatic heterocycles. The molecule has 0 saturated carbocycles. The van der Waals surface area contributed by atoms with Gasteiger partial charge in [0.05, 0.1) is 19.0 Å². The number of aryl methyl sites for hydroxylation is 1. The molecule has 0 amide bonds. The minimum absolute atomic E-state index is 0. The first-order valence-corrected chi connectivity index (χ1v) is 9.28. The number of aromatic nitrogens is 4. The molecule has 1 N–H and O–H groups in total. The van der Waals surface area contributed by atoms with Crippen LogP contribution >= 0.6 is 0 Å². The molecule has 0 spiro atoms. The van der Waals surface area contributed by atoms with E-state index < -0.39 is 0 Å². The molecule has 0 radical (unpaired) electrons. The van der Waals surface area contributed by atoms with Gasteiger partial charge in [-0.3, -0.25) is 9.97 Å². The Morgan fingerprint density at radius 1 is 1.07 bits per heavy atom. The average molecular weight is 573 g/mol. The summed E-state index contributed by atoms with van der Waals surface area (Å²) in [6.45, 7) is 8.75. The number of hydrogen-bond donors (Lipinski definition) is 1. The van der Waals surface area contributed by atoms with E-state index in [2.05, 4.69) is 32.3 Å². The van der Waals surface area contributed by atoms with Crippen LogP contribution < -0.4 is 10.1 Å². The molecule has 2 aliphatic rings. The molecule has 0 bridgehead atoms. The molecule has 8 heteroatoms. The molecule has 7 nitrogen and oxygen atoms in total. The fourth-order valence-corrected chi connectivity index (χ4v) is 3.89. The van der Waals surface area contributed by atoms with Crippen molar-refractivity contribution >= 4 is 11.5 Å². The van der Waals surface area contributed by atoms with E-state index in [4.69, 9.17) is 11.3 Å². The molecule has 0 aliphatic carbocycles. The SMILES string of the molecule is [C-]#[N+]c1cnc2n1CCc1ccc(Oc3[c-]c4c(cc3)NCn3ccnc3-4)[c-]c1-2.[Pt+2]. The van der Waals surface area contributed by atoms with Gasteiger partial charge in [-0.25, -0.2) is 0 Å². The molecule has 148 valence electrons. The topological polar surface area (TPSA) is 61.3 Å². The number of imidazole rings is 2. The summed E-state index contributed by atoms with van der Waals surface area (Å²) in [5.41, 5.74) is 3.92. The van der Waals surface area contributed by atoms with Crippen molar-refractivity contribution < 1.29 is 25.8 Å². The van der Waals surface area contributed by atoms with Gasteiger partial charge in [0, 0.05) is 30.1 Å². The third-order valence-corrected chi connectivity index (χ3v) is 5.30. The first kappa shape index (κ1) is 18.7. The minimum atomic E-state index is 0. The zero-order valence-electron chi connectivity index (χ0n) is 15.6. The molecule has 2 aliphatic heterocycles. The van der Waals surface area contributed by atoms with E-state index in [-0.39, 0.29) is 21.1 Å². The predicted molar refractivity (Wildman–Crippen MR) is 107 cm³/mol. The number of benzene rings is 2. The van der Waals surface area contributed by atoms with Gasteiger partial charge in [-0.2, -0.15) is 0 Å². The van der Waals surface area contributed by atoms with Crippen molar-refractivity contribution in [1.82, 2.24) is 19.1 Å². The van der Waals surface area contributed by atoms with Gasteiger partial charge in [0.2, 0.25) is 5.82 Å². The zero-order chi connectivity index (χ0) is 19.4. The second kappa shape index (κ2) is 7.16. The van der Waals surface area contributed by atoms with E-state index in [1.807, 2.05) is 39.6 Å². The van der Waals surface area contributed by atoms with Gasteiger partial charge >= 0.3 is 21.1 Å². The number of nitrogens with one attached hydrogen (secondary N) is 1. The quantitative estimate of drug-likeness (QED) is 0.364. The van der Waals surface area contributed by atoms with Crippen LogP contribution in [0.5, 0.6) is 11.5 Å². The van der Waals surface area contributed by atoms with Crippen molar-refractivity contribution in [2.45, 2.75) is 19.6 Å². The standard InChI is InChI=1S/C22H14N6O.Pt/c1-23-20-12-25-22-17-10-15(3-2-14(17)6-8-28(20)22)29-16-4-5-19-18(11-16)21-24-7-9-27(21)13-26-19;/h2-5,7,9,12,26H,6,8,13H2;/q-2;+2. The summed E-state index contributed by atoms with van der Waals surface area (Å²) in [5, 5.41) is 3.35. The third kappa shape index (κ3) is 2.84. The summed E-state index contributed by atoms with van der Waals surface area (Å²) in [6, 6.07) is 14.5. The first-order chi connectivity index (χ1) is 14.3. The number of anilines is 1. The molecule has 30 heavy (non-hydrogen) atoms. The summed E-state index contributed by atoms with van der Waals surface area (Å²) >= 11 is 0. The van der Waals surface area contributed by atoms with E-state index in [1.54, 1.807) is 12.4 Å². The Bertz CT molecular complexity index is 1320. The molecular formula is C22H14N6OPt. The van der Waals surface area contributed by atoms with E-state index >= 15 is 0 Å². The van der Waals surface area contributed by atoms with Crippen LogP contribution in [0.25, 0.3) is 27.6 Å². The van der Waals surface area contributed by atoms with Crippen molar-refractivity contribution in [2.75, 3.05) is 5.32 Å². The maximum Gasteiger partial charge on any atom is 2.00 e. The van der Waals surface area contributed by atoms with E-state index in [0.29, 0.717) is 24.0 Å². The van der Waals surface area contributed by atoms with Crippen molar-refractivity contribution in [3.63, 3.8) is 0 Å². The van der Waals surface area contributed by atoms with Crippen LogP contribution in [-0.2, 0) is 40.7 Å². The summed E-state index contributed by atoms with van der Waals surface area (Å²) in [4.78, 5) is 12.4. The Balaban J connectivity index is 0.00000193. The van der Waals surface area contributed by atoms with Crippen molar-refractivity contribution in [3.05, 3.63) is 72.0 Å². The number of hydrogen-bond acceptors (Lipinski definition) is 4. The Hall–Kier alpha value is -3.36. The molecule has 0 fully saturated rings. The van der Waals surface area contributed by atoms with E-state index in [1.165, 1.54) is 0 Å². The van der Waals surface area contributed by atoms with Gasteiger partial charge in [-0.05, 0) is 12.1 Å². The van der Waals surface area contributed by atoms with Crippen LogP contribution in [0, 0.1) is 18.7 Å². The molecule has 4 heterocycles. The summed E-state index contributed by atoms with van der Waals surface area (Å²) in [5.74, 6) is 3.37. The Kier molecular flexibility index (Phi) is 4.45. The minimum Gasteiger partial charge on any atom is -0.497 e. The smallest absolute Gasteiger partial charge is 0.497 e. The molecule has 4 aromatic rings. The zero-order valence-corrected chi connectivity index (χ0v) is 17.9. The molecule has 0 saturated heterocycles. The normalized spacial score (nSPS) is 12.9. The number of rotatable bonds is 2. The predicted octanol–water partition coefficient (Wildman–Crippen LogP) is 4.29. The molecule has 2 aromatic carbocycles. The van der Waals surface area contributed by atoms with Crippen LogP contribution in [0.15, 0.2) is 42.9 Å². The first-order valence-electron chi connectivity index (χ1n) is 9.28. The van der Waals surface area contributed by atoms with E-state index in [9.17, 15) is 0 Å². The number of ether oxygens (including phenoxy) is 1. The Morgan fingerprint density at radius 3 is 2.77 bits per heavy atom. The summed E-state index contributed by atoms with van der Waals surface area (Å²) in [7, 11) is 0. The third-order valence-electron chi connectivity index (χ3n) is 5.30. The van der Waals surface area contributed by atoms with Crippen LogP contribution in [0.1, 0.15) is 5.56 Å². The van der Waals surface area contributed by atoms with Crippen LogP contribution in [-0.4, -0.2) is 19.1 Å². The van der Waals surface area contributed by atoms with Gasteiger partial charge < -0.3 is 24.0 Å². The Morgan fingerprint density at radius 2 is 1.90 bits per heavy atom. The van der Waals surface area contributed by atoms with Gasteiger partial charge in [0.25, 0.3) is 0 Å². The van der Waals surface area contributed by atoms with Crippen molar-refractivity contribution in [1.29, 1.82) is 0 Å². The molecule has 6 rings (SSSR count).